The summed E-state index contributed by atoms with van der Waals surface area (Å²) in [4.78, 5) is 25.9. The lowest BCUT2D eigenvalue weighted by atomic mass is 9.77. The Morgan fingerprint density at radius 1 is 1.63 bits per heavy atom. The van der Waals surface area contributed by atoms with E-state index in [4.69, 9.17) is 11.6 Å². The number of aromatic nitrogens is 1. The number of pyridine rings is 1. The maximum absolute atomic E-state index is 12.2. The molecule has 1 heterocycles. The normalized spacial score (nSPS) is 26.9. The Morgan fingerprint density at radius 2 is 2.42 bits per heavy atom. The minimum Gasteiger partial charge on any atom is -0.345 e. The average Bonchev–Trinajstić information content (AvgIpc) is 2.38. The number of halogens is 1. The van der Waals surface area contributed by atoms with Gasteiger partial charge in [-0.25, -0.2) is 0 Å². The Balaban J connectivity index is 2.14. The van der Waals surface area contributed by atoms with Crippen LogP contribution in [0.4, 0.5) is 0 Å². The molecule has 5 heteroatoms. The Labute approximate surface area is 117 Å². The van der Waals surface area contributed by atoms with E-state index in [-0.39, 0.29) is 17.0 Å². The molecule has 0 radical (unpaired) electrons. The topological polar surface area (TPSA) is 62.0 Å². The van der Waals surface area contributed by atoms with Crippen LogP contribution in [0.1, 0.15) is 43.0 Å². The fraction of sp³-hybridized carbons (Fsp3) is 0.571. The molecule has 0 aliphatic heterocycles. The summed E-state index contributed by atoms with van der Waals surface area (Å²) in [5.74, 6) is 0.750. The number of hydrogen-bond donors (Lipinski definition) is 2. The van der Waals surface area contributed by atoms with Crippen LogP contribution in [0.5, 0.6) is 0 Å². The van der Waals surface area contributed by atoms with Crippen molar-refractivity contribution in [2.24, 2.45) is 5.92 Å². The first-order valence-electron chi connectivity index (χ1n) is 6.62. The van der Waals surface area contributed by atoms with Gasteiger partial charge in [0.15, 0.2) is 0 Å². The molecule has 2 rings (SSSR count). The lowest BCUT2D eigenvalue weighted by Crippen LogP contribution is -2.52. The molecule has 0 bridgehead atoms. The van der Waals surface area contributed by atoms with Crippen LogP contribution in [-0.4, -0.2) is 22.3 Å². The Kier molecular flexibility index (Phi) is 4.30. The molecule has 1 aliphatic rings. The molecule has 1 saturated carbocycles. The summed E-state index contributed by atoms with van der Waals surface area (Å²) < 4.78 is 0. The number of nitrogens with one attached hydrogen (secondary N) is 2. The molecule has 2 atom stereocenters. The maximum atomic E-state index is 12.2. The zero-order valence-electron chi connectivity index (χ0n) is 11.0. The van der Waals surface area contributed by atoms with Gasteiger partial charge in [0.2, 0.25) is 5.56 Å². The first kappa shape index (κ1) is 14.1. The molecule has 1 aromatic heterocycles. The predicted octanol–water partition coefficient (Wildman–Crippen LogP) is 2.29. The summed E-state index contributed by atoms with van der Waals surface area (Å²) in [5, 5.41) is 3.03. The van der Waals surface area contributed by atoms with E-state index < -0.39 is 0 Å². The van der Waals surface area contributed by atoms with Crippen LogP contribution in [0.3, 0.4) is 0 Å². The lowest BCUT2D eigenvalue weighted by Gasteiger charge is -2.39. The number of rotatable bonds is 3. The third-order valence-corrected chi connectivity index (χ3v) is 4.27. The molecular formula is C14H19ClN2O2. The van der Waals surface area contributed by atoms with E-state index in [0.29, 0.717) is 17.4 Å². The zero-order valence-corrected chi connectivity index (χ0v) is 11.8. The molecule has 0 spiro atoms. The molecule has 1 aromatic rings. The number of hydrogen-bond acceptors (Lipinski definition) is 2. The van der Waals surface area contributed by atoms with Crippen LogP contribution in [-0.2, 0) is 0 Å². The highest BCUT2D eigenvalue weighted by Gasteiger charge is 2.35. The number of carbonyl (C=O) groups excluding carboxylic acids is 1. The van der Waals surface area contributed by atoms with Gasteiger partial charge in [0.05, 0.1) is 5.54 Å². The van der Waals surface area contributed by atoms with Crippen molar-refractivity contribution in [3.05, 3.63) is 34.2 Å². The molecule has 4 nitrogen and oxygen atoms in total. The van der Waals surface area contributed by atoms with Crippen molar-refractivity contribution in [3.63, 3.8) is 0 Å². The fourth-order valence-corrected chi connectivity index (χ4v) is 3.14. The number of amides is 1. The second kappa shape index (κ2) is 5.78. The van der Waals surface area contributed by atoms with E-state index >= 15 is 0 Å². The van der Waals surface area contributed by atoms with Gasteiger partial charge < -0.3 is 10.3 Å². The first-order chi connectivity index (χ1) is 9.04. The van der Waals surface area contributed by atoms with Crippen molar-refractivity contribution >= 4 is 17.5 Å². The van der Waals surface area contributed by atoms with E-state index in [1.807, 2.05) is 0 Å². The highest BCUT2D eigenvalue weighted by Crippen LogP contribution is 2.33. The summed E-state index contributed by atoms with van der Waals surface area (Å²) in [7, 11) is 0. The molecule has 19 heavy (non-hydrogen) atoms. The van der Waals surface area contributed by atoms with Crippen molar-refractivity contribution in [3.8, 4) is 0 Å². The monoisotopic (exact) mass is 282 g/mol. The van der Waals surface area contributed by atoms with E-state index in [9.17, 15) is 9.59 Å². The van der Waals surface area contributed by atoms with Gasteiger partial charge in [0.1, 0.15) is 0 Å². The lowest BCUT2D eigenvalue weighted by molar-refractivity contribution is 0.0867. The van der Waals surface area contributed by atoms with Gasteiger partial charge in [0.25, 0.3) is 5.91 Å². The number of aromatic amines is 1. The molecular weight excluding hydrogens is 264 g/mol. The van der Waals surface area contributed by atoms with Crippen molar-refractivity contribution in [1.29, 1.82) is 0 Å². The second-order valence-corrected chi connectivity index (χ2v) is 5.78. The van der Waals surface area contributed by atoms with E-state index in [1.54, 1.807) is 6.07 Å². The third-order valence-electron chi connectivity index (χ3n) is 3.76. The fourth-order valence-electron chi connectivity index (χ4n) is 2.83. The molecule has 1 fully saturated rings. The van der Waals surface area contributed by atoms with Crippen molar-refractivity contribution in [1.82, 2.24) is 10.3 Å². The average molecular weight is 283 g/mol. The van der Waals surface area contributed by atoms with Crippen LogP contribution >= 0.6 is 11.6 Å². The summed E-state index contributed by atoms with van der Waals surface area (Å²) in [6, 6.07) is 2.91. The summed E-state index contributed by atoms with van der Waals surface area (Å²) >= 11 is 6.08. The van der Waals surface area contributed by atoms with Gasteiger partial charge in [0, 0.05) is 23.7 Å². The smallest absolute Gasteiger partial charge is 0.252 e. The highest BCUT2D eigenvalue weighted by atomic mass is 35.5. The van der Waals surface area contributed by atoms with Crippen molar-refractivity contribution in [2.45, 2.75) is 38.1 Å². The first-order valence-corrected chi connectivity index (χ1v) is 7.15. The molecule has 0 aromatic carbocycles. The molecule has 1 aliphatic carbocycles. The van der Waals surface area contributed by atoms with Crippen molar-refractivity contribution in [2.75, 3.05) is 5.88 Å². The van der Waals surface area contributed by atoms with E-state index in [0.717, 1.165) is 19.3 Å². The maximum Gasteiger partial charge on any atom is 0.252 e. The number of H-pyrrole nitrogens is 1. The van der Waals surface area contributed by atoms with Gasteiger partial charge in [-0.1, -0.05) is 19.8 Å². The van der Waals surface area contributed by atoms with Gasteiger partial charge >= 0.3 is 0 Å². The molecule has 2 unspecified atom stereocenters. The van der Waals surface area contributed by atoms with Crippen molar-refractivity contribution < 1.29 is 4.79 Å². The van der Waals surface area contributed by atoms with Crippen LogP contribution < -0.4 is 10.9 Å². The molecule has 104 valence electrons. The summed E-state index contributed by atoms with van der Waals surface area (Å²) in [5.41, 5.74) is -0.227. The van der Waals surface area contributed by atoms with E-state index in [2.05, 4.69) is 17.2 Å². The van der Waals surface area contributed by atoms with Gasteiger partial charge in [-0.3, -0.25) is 9.59 Å². The minimum absolute atomic E-state index is 0.221. The SMILES string of the molecule is CC1CCCC(CCl)(NC(=O)c2cc[nH]c(=O)c2)C1. The Hall–Kier alpha value is -1.29. The van der Waals surface area contributed by atoms with Crippen LogP contribution in [0.2, 0.25) is 0 Å². The number of carbonyl (C=O) groups is 1. The van der Waals surface area contributed by atoms with Crippen LogP contribution in [0.25, 0.3) is 0 Å². The predicted molar refractivity (Wildman–Crippen MR) is 75.6 cm³/mol. The standard InChI is InChI=1S/C14H19ClN2O2/c1-10-3-2-5-14(8-10,9-15)17-13(19)11-4-6-16-12(18)7-11/h4,6-7,10H,2-3,5,8-9H2,1H3,(H,16,18)(H,17,19). The van der Waals surface area contributed by atoms with Gasteiger partial charge in [-0.2, -0.15) is 0 Å². The largest absolute Gasteiger partial charge is 0.345 e. The quantitative estimate of drug-likeness (QED) is 0.836. The zero-order chi connectivity index (χ0) is 13.9. The second-order valence-electron chi connectivity index (χ2n) is 5.51. The van der Waals surface area contributed by atoms with Gasteiger partial charge in [-0.15, -0.1) is 11.6 Å². The molecule has 1 amide bonds. The summed E-state index contributed by atoms with van der Waals surface area (Å²) in [6.07, 6.45) is 5.53. The van der Waals surface area contributed by atoms with E-state index in [1.165, 1.54) is 18.7 Å². The van der Waals surface area contributed by atoms with Crippen LogP contribution in [0, 0.1) is 5.92 Å². The number of alkyl halides is 1. The molecule has 2 N–H and O–H groups in total. The molecule has 0 saturated heterocycles. The highest BCUT2D eigenvalue weighted by molar-refractivity contribution is 6.19. The Morgan fingerprint density at radius 3 is 3.05 bits per heavy atom. The van der Waals surface area contributed by atoms with Gasteiger partial charge in [-0.05, 0) is 24.8 Å². The summed E-state index contributed by atoms with van der Waals surface area (Å²) in [6.45, 7) is 2.18. The van der Waals surface area contributed by atoms with Crippen LogP contribution in [0.15, 0.2) is 23.1 Å². The third kappa shape index (κ3) is 3.38. The minimum atomic E-state index is -0.334. The Bertz CT molecular complexity index is 514.